The Morgan fingerprint density at radius 3 is 0.938 bits per heavy atom. The molecule has 1 saturated heterocycles. The summed E-state index contributed by atoms with van der Waals surface area (Å²) in [5.74, 6) is 0. The van der Waals surface area contributed by atoms with Gasteiger partial charge in [0.2, 0.25) is 0 Å². The lowest BCUT2D eigenvalue weighted by Crippen LogP contribution is -2.53. The Bertz CT molecular complexity index is 1670. The van der Waals surface area contributed by atoms with Gasteiger partial charge in [-0.15, -0.1) is 0 Å². The highest BCUT2D eigenvalue weighted by atomic mass is 16.6. The average molecular weight is 632 g/mol. The smallest absolute Gasteiger partial charge is 0.112 e. The van der Waals surface area contributed by atoms with Crippen molar-refractivity contribution in [3.8, 4) is 0 Å². The van der Waals surface area contributed by atoms with Crippen LogP contribution in [0, 0.1) is 0 Å². The Balaban J connectivity index is 1.22. The number of benzene rings is 6. The number of piperidine rings is 1. The molecule has 7 rings (SSSR count). The third-order valence-electron chi connectivity index (χ3n) is 8.94. The van der Waals surface area contributed by atoms with E-state index in [1.807, 2.05) is 36.4 Å². The summed E-state index contributed by atoms with van der Waals surface area (Å²) in [6.45, 7) is 0.568. The van der Waals surface area contributed by atoms with Gasteiger partial charge in [-0.25, -0.2) is 0 Å². The lowest BCUT2D eigenvalue weighted by molar-refractivity contribution is -0.158. The normalized spacial score (nSPS) is 17.9. The van der Waals surface area contributed by atoms with Gasteiger partial charge in [-0.2, -0.15) is 0 Å². The molecule has 0 amide bonds. The summed E-state index contributed by atoms with van der Waals surface area (Å²) in [4.78, 5) is 0. The number of ether oxygens (including phenoxy) is 3. The maximum Gasteiger partial charge on any atom is 0.112 e. The molecule has 3 atom stereocenters. The van der Waals surface area contributed by atoms with Crippen LogP contribution in [0.1, 0.15) is 58.1 Å². The van der Waals surface area contributed by atoms with E-state index in [1.165, 1.54) is 0 Å². The standard InChI is InChI=1S/C44H41NO3/c1-7-19-33(20-8-1)42(34-21-9-2-10-22-34)46-39-31-41(48-44(37-27-15-5-16-28-37)38-29-17-6-18-30-38)45-32-40(39)47-43(35-23-11-3-12-24-35)36-25-13-4-14-26-36/h1-30,39-45H,31-32H2. The van der Waals surface area contributed by atoms with Gasteiger partial charge < -0.3 is 14.2 Å². The Labute approximate surface area is 284 Å². The second-order valence-electron chi connectivity index (χ2n) is 12.2. The minimum atomic E-state index is -0.274. The van der Waals surface area contributed by atoms with Crippen molar-refractivity contribution in [3.05, 3.63) is 215 Å². The van der Waals surface area contributed by atoms with Crippen LogP contribution in [0.5, 0.6) is 0 Å². The van der Waals surface area contributed by atoms with E-state index in [2.05, 4.69) is 151 Å². The lowest BCUT2D eigenvalue weighted by Gasteiger charge is -2.41. The van der Waals surface area contributed by atoms with Gasteiger partial charge in [0.25, 0.3) is 0 Å². The minimum absolute atomic E-state index is 0.233. The first-order chi connectivity index (χ1) is 23.8. The van der Waals surface area contributed by atoms with E-state index < -0.39 is 0 Å². The van der Waals surface area contributed by atoms with Crippen LogP contribution in [0.25, 0.3) is 0 Å². The van der Waals surface area contributed by atoms with E-state index in [1.54, 1.807) is 0 Å². The molecule has 6 aromatic carbocycles. The molecule has 6 aromatic rings. The molecule has 240 valence electrons. The molecule has 48 heavy (non-hydrogen) atoms. The number of rotatable bonds is 12. The highest BCUT2D eigenvalue weighted by Gasteiger charge is 2.38. The average Bonchev–Trinajstić information content (AvgIpc) is 3.17. The molecule has 4 heteroatoms. The van der Waals surface area contributed by atoms with Crippen LogP contribution in [-0.4, -0.2) is 25.0 Å². The molecule has 1 N–H and O–H groups in total. The molecule has 0 spiro atoms. The molecule has 0 bridgehead atoms. The molecular formula is C44H41NO3. The molecule has 4 nitrogen and oxygen atoms in total. The second kappa shape index (κ2) is 15.8. The summed E-state index contributed by atoms with van der Waals surface area (Å²) in [5, 5.41) is 3.70. The van der Waals surface area contributed by atoms with Crippen molar-refractivity contribution in [2.24, 2.45) is 0 Å². The lowest BCUT2D eigenvalue weighted by atomic mass is 9.97. The Morgan fingerprint density at radius 1 is 0.354 bits per heavy atom. The summed E-state index contributed by atoms with van der Waals surface area (Å²) < 4.78 is 21.3. The van der Waals surface area contributed by atoms with Gasteiger partial charge in [0, 0.05) is 13.0 Å². The number of nitrogens with one attached hydrogen (secondary N) is 1. The molecule has 1 heterocycles. The monoisotopic (exact) mass is 631 g/mol. The fraction of sp³-hybridized carbons (Fsp3) is 0.182. The first kappa shape index (κ1) is 31.7. The fourth-order valence-electron chi connectivity index (χ4n) is 6.54. The third-order valence-corrected chi connectivity index (χ3v) is 8.94. The summed E-state index contributed by atoms with van der Waals surface area (Å²) in [5.41, 5.74) is 6.65. The molecule has 1 aliphatic rings. The van der Waals surface area contributed by atoms with Gasteiger partial charge in [0.15, 0.2) is 0 Å². The van der Waals surface area contributed by atoms with Crippen LogP contribution in [0.15, 0.2) is 182 Å². The maximum atomic E-state index is 7.23. The largest absolute Gasteiger partial charge is 0.363 e. The van der Waals surface area contributed by atoms with Crippen molar-refractivity contribution in [1.29, 1.82) is 0 Å². The number of hydrogen-bond acceptors (Lipinski definition) is 4. The highest BCUT2D eigenvalue weighted by molar-refractivity contribution is 5.33. The first-order valence-electron chi connectivity index (χ1n) is 16.8. The van der Waals surface area contributed by atoms with Gasteiger partial charge in [0.05, 0.1) is 12.2 Å². The van der Waals surface area contributed by atoms with Gasteiger partial charge >= 0.3 is 0 Å². The van der Waals surface area contributed by atoms with Crippen LogP contribution >= 0.6 is 0 Å². The quantitative estimate of drug-likeness (QED) is 0.146. The van der Waals surface area contributed by atoms with Crippen molar-refractivity contribution < 1.29 is 14.2 Å². The van der Waals surface area contributed by atoms with Gasteiger partial charge in [-0.3, -0.25) is 5.32 Å². The number of hydrogen-bond donors (Lipinski definition) is 1. The zero-order chi connectivity index (χ0) is 32.4. The van der Waals surface area contributed by atoms with Crippen LogP contribution < -0.4 is 5.32 Å². The van der Waals surface area contributed by atoms with E-state index in [0.29, 0.717) is 13.0 Å². The summed E-state index contributed by atoms with van der Waals surface area (Å²) in [7, 11) is 0. The summed E-state index contributed by atoms with van der Waals surface area (Å²) in [6, 6.07) is 62.7. The topological polar surface area (TPSA) is 39.7 Å². The summed E-state index contributed by atoms with van der Waals surface area (Å²) in [6.07, 6.45) is -0.944. The van der Waals surface area contributed by atoms with Gasteiger partial charge in [-0.1, -0.05) is 182 Å². The molecular weight excluding hydrogens is 590 g/mol. The van der Waals surface area contributed by atoms with Crippen molar-refractivity contribution in [2.75, 3.05) is 6.54 Å². The van der Waals surface area contributed by atoms with Crippen LogP contribution in [0.4, 0.5) is 0 Å². The predicted octanol–water partition coefficient (Wildman–Crippen LogP) is 9.46. The Morgan fingerprint density at radius 2 is 0.625 bits per heavy atom. The van der Waals surface area contributed by atoms with Crippen molar-refractivity contribution in [3.63, 3.8) is 0 Å². The predicted molar refractivity (Wildman–Crippen MR) is 191 cm³/mol. The van der Waals surface area contributed by atoms with E-state index in [9.17, 15) is 0 Å². The van der Waals surface area contributed by atoms with E-state index in [0.717, 1.165) is 33.4 Å². The van der Waals surface area contributed by atoms with Crippen LogP contribution in [0.2, 0.25) is 0 Å². The maximum absolute atomic E-state index is 7.23. The van der Waals surface area contributed by atoms with Gasteiger partial charge in [-0.05, 0) is 33.4 Å². The van der Waals surface area contributed by atoms with E-state index in [-0.39, 0.29) is 36.7 Å². The molecule has 0 saturated carbocycles. The van der Waals surface area contributed by atoms with E-state index >= 15 is 0 Å². The molecule has 1 fully saturated rings. The molecule has 1 aliphatic heterocycles. The second-order valence-corrected chi connectivity index (χ2v) is 12.2. The van der Waals surface area contributed by atoms with Gasteiger partial charge in [0.1, 0.15) is 24.5 Å². The zero-order valence-electron chi connectivity index (χ0n) is 26.9. The Hall–Kier alpha value is -4.84. The highest BCUT2D eigenvalue weighted by Crippen LogP contribution is 2.36. The first-order valence-corrected chi connectivity index (χ1v) is 16.8. The van der Waals surface area contributed by atoms with E-state index in [4.69, 9.17) is 14.2 Å². The van der Waals surface area contributed by atoms with Crippen LogP contribution in [-0.2, 0) is 14.2 Å². The molecule has 0 radical (unpaired) electrons. The molecule has 3 unspecified atom stereocenters. The van der Waals surface area contributed by atoms with Crippen LogP contribution in [0.3, 0.4) is 0 Å². The van der Waals surface area contributed by atoms with Crippen molar-refractivity contribution >= 4 is 0 Å². The minimum Gasteiger partial charge on any atom is -0.363 e. The van der Waals surface area contributed by atoms with Crippen molar-refractivity contribution in [1.82, 2.24) is 5.32 Å². The Kier molecular flexibility index (Phi) is 10.5. The SMILES string of the molecule is c1ccc(C(OC2CC(OC(c3ccccc3)c3ccccc3)C(OC(c3ccccc3)c3ccccc3)CN2)c2ccccc2)cc1. The zero-order valence-corrected chi connectivity index (χ0v) is 26.9. The molecule has 0 aromatic heterocycles. The fourth-order valence-corrected chi connectivity index (χ4v) is 6.54. The van der Waals surface area contributed by atoms with Crippen molar-refractivity contribution in [2.45, 2.75) is 43.2 Å². The third kappa shape index (κ3) is 7.82. The summed E-state index contributed by atoms with van der Waals surface area (Å²) >= 11 is 0. The molecule has 0 aliphatic carbocycles.